The van der Waals surface area contributed by atoms with Crippen molar-refractivity contribution in [2.45, 2.75) is 0 Å². The lowest BCUT2D eigenvalue weighted by Crippen LogP contribution is -2.45. The van der Waals surface area contributed by atoms with Gasteiger partial charge in [-0.1, -0.05) is 0 Å². The SMILES string of the molecule is CN1CCN(c2nc(N)c3cccnc3n2)CC1. The van der Waals surface area contributed by atoms with Crippen LogP contribution in [0.3, 0.4) is 0 Å². The van der Waals surface area contributed by atoms with Crippen LogP contribution < -0.4 is 10.6 Å². The van der Waals surface area contributed by atoms with E-state index in [1.165, 1.54) is 0 Å². The van der Waals surface area contributed by atoms with E-state index in [2.05, 4.69) is 31.8 Å². The van der Waals surface area contributed by atoms with E-state index >= 15 is 0 Å². The summed E-state index contributed by atoms with van der Waals surface area (Å²) in [5.41, 5.74) is 6.63. The molecular formula is C12H16N6. The lowest BCUT2D eigenvalue weighted by Gasteiger charge is -2.32. The molecule has 18 heavy (non-hydrogen) atoms. The van der Waals surface area contributed by atoms with E-state index in [4.69, 9.17) is 5.73 Å². The molecule has 1 fully saturated rings. The molecule has 0 saturated carbocycles. The number of pyridine rings is 1. The minimum absolute atomic E-state index is 0.502. The third-order valence-electron chi connectivity index (χ3n) is 3.28. The number of anilines is 2. The standard InChI is InChI=1S/C12H16N6/c1-17-5-7-18(8-6-17)12-15-10(13)9-3-2-4-14-11(9)16-12/h2-4H,5-8H2,1H3,(H2,13,14,15,16). The zero-order chi connectivity index (χ0) is 12.5. The third-order valence-corrected chi connectivity index (χ3v) is 3.28. The molecule has 2 N–H and O–H groups in total. The van der Waals surface area contributed by atoms with Crippen LogP contribution in [0.15, 0.2) is 18.3 Å². The van der Waals surface area contributed by atoms with Crippen LogP contribution in [0.1, 0.15) is 0 Å². The highest BCUT2D eigenvalue weighted by Crippen LogP contribution is 2.19. The van der Waals surface area contributed by atoms with Crippen molar-refractivity contribution < 1.29 is 0 Å². The normalized spacial score (nSPS) is 17.3. The highest BCUT2D eigenvalue weighted by molar-refractivity contribution is 5.86. The van der Waals surface area contributed by atoms with Crippen molar-refractivity contribution in [3.63, 3.8) is 0 Å². The minimum Gasteiger partial charge on any atom is -0.383 e. The Labute approximate surface area is 105 Å². The van der Waals surface area contributed by atoms with Gasteiger partial charge in [0.15, 0.2) is 5.65 Å². The van der Waals surface area contributed by atoms with Gasteiger partial charge in [-0.3, -0.25) is 0 Å². The maximum absolute atomic E-state index is 5.96. The molecule has 0 radical (unpaired) electrons. The lowest BCUT2D eigenvalue weighted by molar-refractivity contribution is 0.311. The number of nitrogens with zero attached hydrogens (tertiary/aromatic N) is 5. The number of likely N-dealkylation sites (N-methyl/N-ethyl adjacent to an activating group) is 1. The van der Waals surface area contributed by atoms with Crippen LogP contribution in [0.4, 0.5) is 11.8 Å². The van der Waals surface area contributed by atoms with Crippen molar-refractivity contribution in [3.05, 3.63) is 18.3 Å². The van der Waals surface area contributed by atoms with Gasteiger partial charge in [-0.15, -0.1) is 0 Å². The van der Waals surface area contributed by atoms with Crippen molar-refractivity contribution in [2.24, 2.45) is 0 Å². The maximum atomic E-state index is 5.96. The first kappa shape index (κ1) is 11.2. The molecule has 0 bridgehead atoms. The Balaban J connectivity index is 1.97. The lowest BCUT2D eigenvalue weighted by atomic mass is 10.3. The van der Waals surface area contributed by atoms with E-state index in [-0.39, 0.29) is 0 Å². The topological polar surface area (TPSA) is 71.2 Å². The van der Waals surface area contributed by atoms with E-state index in [0.29, 0.717) is 17.4 Å². The Hall–Kier alpha value is -1.95. The first-order chi connectivity index (χ1) is 8.74. The monoisotopic (exact) mass is 244 g/mol. The average Bonchev–Trinajstić information content (AvgIpc) is 2.39. The summed E-state index contributed by atoms with van der Waals surface area (Å²) in [5.74, 6) is 1.19. The summed E-state index contributed by atoms with van der Waals surface area (Å²) < 4.78 is 0. The predicted octanol–water partition coefficient (Wildman–Crippen LogP) is 0.359. The van der Waals surface area contributed by atoms with Crippen molar-refractivity contribution in [3.8, 4) is 0 Å². The maximum Gasteiger partial charge on any atom is 0.229 e. The van der Waals surface area contributed by atoms with Gasteiger partial charge in [0.1, 0.15) is 5.82 Å². The zero-order valence-corrected chi connectivity index (χ0v) is 10.4. The van der Waals surface area contributed by atoms with Gasteiger partial charge >= 0.3 is 0 Å². The molecule has 94 valence electrons. The van der Waals surface area contributed by atoms with Crippen molar-refractivity contribution >= 4 is 22.8 Å². The second-order valence-electron chi connectivity index (χ2n) is 4.57. The fraction of sp³-hybridized carbons (Fsp3) is 0.417. The van der Waals surface area contributed by atoms with Gasteiger partial charge < -0.3 is 15.5 Å². The molecule has 0 aliphatic carbocycles. The Bertz CT molecular complexity index is 561. The summed E-state index contributed by atoms with van der Waals surface area (Å²) in [6, 6.07) is 3.74. The van der Waals surface area contributed by atoms with Gasteiger partial charge in [-0.05, 0) is 19.2 Å². The van der Waals surface area contributed by atoms with Crippen LogP contribution >= 0.6 is 0 Å². The summed E-state index contributed by atoms with van der Waals surface area (Å²) >= 11 is 0. The van der Waals surface area contributed by atoms with E-state index in [0.717, 1.165) is 31.6 Å². The zero-order valence-electron chi connectivity index (χ0n) is 10.4. The molecule has 6 heteroatoms. The highest BCUT2D eigenvalue weighted by Gasteiger charge is 2.17. The summed E-state index contributed by atoms with van der Waals surface area (Å²) in [5, 5.41) is 0.815. The highest BCUT2D eigenvalue weighted by atomic mass is 15.3. The second-order valence-corrected chi connectivity index (χ2v) is 4.57. The molecule has 1 saturated heterocycles. The minimum atomic E-state index is 0.502. The van der Waals surface area contributed by atoms with Crippen molar-refractivity contribution in [2.75, 3.05) is 43.9 Å². The van der Waals surface area contributed by atoms with Crippen LogP contribution in [-0.2, 0) is 0 Å². The Kier molecular flexibility index (Phi) is 2.71. The molecule has 3 rings (SSSR count). The summed E-state index contributed by atoms with van der Waals surface area (Å²) in [7, 11) is 2.12. The van der Waals surface area contributed by atoms with Gasteiger partial charge in [0.2, 0.25) is 5.95 Å². The molecule has 3 heterocycles. The van der Waals surface area contributed by atoms with Crippen LogP contribution in [0, 0.1) is 0 Å². The average molecular weight is 244 g/mol. The van der Waals surface area contributed by atoms with Crippen LogP contribution in [0.2, 0.25) is 0 Å². The third kappa shape index (κ3) is 1.95. The quantitative estimate of drug-likeness (QED) is 0.781. The van der Waals surface area contributed by atoms with Crippen LogP contribution in [0.5, 0.6) is 0 Å². The van der Waals surface area contributed by atoms with Gasteiger partial charge in [-0.25, -0.2) is 4.98 Å². The number of aromatic nitrogens is 3. The molecule has 0 spiro atoms. The van der Waals surface area contributed by atoms with Crippen molar-refractivity contribution in [1.82, 2.24) is 19.9 Å². The first-order valence-corrected chi connectivity index (χ1v) is 6.06. The van der Waals surface area contributed by atoms with Gasteiger partial charge in [-0.2, -0.15) is 9.97 Å². The fourth-order valence-electron chi connectivity index (χ4n) is 2.12. The molecule has 0 amide bonds. The van der Waals surface area contributed by atoms with E-state index < -0.39 is 0 Å². The summed E-state index contributed by atoms with van der Waals surface area (Å²) in [4.78, 5) is 17.6. The van der Waals surface area contributed by atoms with Crippen LogP contribution in [-0.4, -0.2) is 53.1 Å². The predicted molar refractivity (Wildman–Crippen MR) is 71.5 cm³/mol. The summed E-state index contributed by atoms with van der Waals surface area (Å²) in [6.45, 7) is 3.88. The van der Waals surface area contributed by atoms with Gasteiger partial charge in [0, 0.05) is 32.4 Å². The Morgan fingerprint density at radius 1 is 1.17 bits per heavy atom. The molecule has 0 aromatic carbocycles. The number of piperazine rings is 1. The molecule has 6 nitrogen and oxygen atoms in total. The molecule has 2 aromatic rings. The number of nitrogens with two attached hydrogens (primary N) is 1. The number of hydrogen-bond acceptors (Lipinski definition) is 6. The number of hydrogen-bond donors (Lipinski definition) is 1. The second kappa shape index (κ2) is 4.38. The van der Waals surface area contributed by atoms with Gasteiger partial charge in [0.05, 0.1) is 5.39 Å². The van der Waals surface area contributed by atoms with E-state index in [9.17, 15) is 0 Å². The van der Waals surface area contributed by atoms with Gasteiger partial charge in [0.25, 0.3) is 0 Å². The Morgan fingerprint density at radius 3 is 2.72 bits per heavy atom. The smallest absolute Gasteiger partial charge is 0.229 e. The molecule has 2 aromatic heterocycles. The van der Waals surface area contributed by atoms with E-state index in [1.54, 1.807) is 6.20 Å². The summed E-state index contributed by atoms with van der Waals surface area (Å²) in [6.07, 6.45) is 1.72. The molecule has 1 aliphatic heterocycles. The van der Waals surface area contributed by atoms with Crippen molar-refractivity contribution in [1.29, 1.82) is 0 Å². The fourth-order valence-corrected chi connectivity index (χ4v) is 2.12. The number of fused-ring (bicyclic) bond motifs is 1. The number of nitrogen functional groups attached to an aromatic ring is 1. The molecule has 1 aliphatic rings. The first-order valence-electron chi connectivity index (χ1n) is 6.06. The van der Waals surface area contributed by atoms with Crippen LogP contribution in [0.25, 0.3) is 11.0 Å². The largest absolute Gasteiger partial charge is 0.383 e. The molecular weight excluding hydrogens is 228 g/mol. The van der Waals surface area contributed by atoms with E-state index in [1.807, 2.05) is 12.1 Å². The Morgan fingerprint density at radius 2 is 1.94 bits per heavy atom. The molecule has 0 atom stereocenters. The number of rotatable bonds is 1. The molecule has 0 unspecified atom stereocenters.